The van der Waals surface area contributed by atoms with Crippen LogP contribution in [0.4, 0.5) is 5.82 Å². The van der Waals surface area contributed by atoms with Gasteiger partial charge in [0.2, 0.25) is 0 Å². The first-order valence-electron chi connectivity index (χ1n) is 6.61. The minimum atomic E-state index is 0.540. The highest BCUT2D eigenvalue weighted by Crippen LogP contribution is 2.26. The number of nitrogen functional groups attached to an aromatic ring is 1. The van der Waals surface area contributed by atoms with Gasteiger partial charge in [0.1, 0.15) is 11.9 Å². The number of likely N-dealkylation sites (tertiary alicyclic amines) is 1. The zero-order chi connectivity index (χ0) is 13.3. The van der Waals surface area contributed by atoms with Crippen LogP contribution < -0.4 is 5.73 Å². The van der Waals surface area contributed by atoms with Gasteiger partial charge in [-0.1, -0.05) is 6.42 Å². The standard InChI is InChI=1S/C14H22N4/c1-10-11(2)18(14(16)13(10)8-15)9-12-6-4-5-7-17(12)3/h12H,4-7,9,16H2,1-3H3. The van der Waals surface area contributed by atoms with Crippen LogP contribution in [-0.4, -0.2) is 29.1 Å². The molecule has 1 aromatic rings. The van der Waals surface area contributed by atoms with Crippen molar-refractivity contribution in [1.29, 1.82) is 5.26 Å². The molecule has 0 spiro atoms. The van der Waals surface area contributed by atoms with E-state index in [1.807, 2.05) is 6.92 Å². The van der Waals surface area contributed by atoms with Crippen molar-refractivity contribution in [3.05, 3.63) is 16.8 Å². The molecule has 0 aromatic carbocycles. The fourth-order valence-electron chi connectivity index (χ4n) is 2.85. The second-order valence-corrected chi connectivity index (χ2v) is 5.32. The topological polar surface area (TPSA) is 58.0 Å². The molecule has 1 aliphatic rings. The predicted octanol–water partition coefficient (Wildman–Crippen LogP) is 2.04. The number of likely N-dealkylation sites (N-methyl/N-ethyl adjacent to an activating group) is 1. The predicted molar refractivity (Wildman–Crippen MR) is 73.3 cm³/mol. The summed E-state index contributed by atoms with van der Waals surface area (Å²) in [6.07, 6.45) is 3.80. The van der Waals surface area contributed by atoms with Crippen LogP contribution in [0.15, 0.2) is 0 Å². The number of piperidine rings is 1. The molecule has 4 heteroatoms. The van der Waals surface area contributed by atoms with Gasteiger partial charge >= 0.3 is 0 Å². The molecule has 4 nitrogen and oxygen atoms in total. The van der Waals surface area contributed by atoms with Crippen LogP contribution >= 0.6 is 0 Å². The Morgan fingerprint density at radius 3 is 2.67 bits per heavy atom. The molecule has 1 atom stereocenters. The average Bonchev–Trinajstić information content (AvgIpc) is 2.56. The molecular formula is C14H22N4. The minimum Gasteiger partial charge on any atom is -0.384 e. The summed E-state index contributed by atoms with van der Waals surface area (Å²) in [5, 5.41) is 9.14. The van der Waals surface area contributed by atoms with Gasteiger partial charge in [0.25, 0.3) is 0 Å². The third kappa shape index (κ3) is 2.11. The van der Waals surface area contributed by atoms with Crippen LogP contribution in [-0.2, 0) is 6.54 Å². The third-order valence-corrected chi connectivity index (χ3v) is 4.30. The number of rotatable bonds is 2. The summed E-state index contributed by atoms with van der Waals surface area (Å²) in [6.45, 7) is 6.09. The first-order chi connectivity index (χ1) is 8.56. The van der Waals surface area contributed by atoms with Gasteiger partial charge in [0, 0.05) is 18.3 Å². The molecule has 1 unspecified atom stereocenters. The highest BCUT2D eigenvalue weighted by Gasteiger charge is 2.22. The Bertz CT molecular complexity index is 481. The van der Waals surface area contributed by atoms with Crippen molar-refractivity contribution >= 4 is 5.82 Å². The fourth-order valence-corrected chi connectivity index (χ4v) is 2.85. The maximum atomic E-state index is 9.14. The lowest BCUT2D eigenvalue weighted by Gasteiger charge is -2.33. The van der Waals surface area contributed by atoms with E-state index >= 15 is 0 Å². The van der Waals surface area contributed by atoms with E-state index < -0.39 is 0 Å². The van der Waals surface area contributed by atoms with Crippen molar-refractivity contribution in [3.8, 4) is 6.07 Å². The molecule has 2 heterocycles. The number of nitriles is 1. The van der Waals surface area contributed by atoms with Crippen molar-refractivity contribution < 1.29 is 0 Å². The van der Waals surface area contributed by atoms with Gasteiger partial charge in [0.15, 0.2) is 0 Å². The van der Waals surface area contributed by atoms with Crippen LogP contribution in [0.3, 0.4) is 0 Å². The second kappa shape index (κ2) is 5.03. The Balaban J connectivity index is 2.27. The van der Waals surface area contributed by atoms with Crippen molar-refractivity contribution in [3.63, 3.8) is 0 Å². The van der Waals surface area contributed by atoms with Crippen LogP contribution in [0.5, 0.6) is 0 Å². The van der Waals surface area contributed by atoms with Crippen LogP contribution in [0, 0.1) is 25.2 Å². The molecule has 0 bridgehead atoms. The normalized spacial score (nSPS) is 20.9. The van der Waals surface area contributed by atoms with E-state index in [9.17, 15) is 0 Å². The third-order valence-electron chi connectivity index (χ3n) is 4.30. The lowest BCUT2D eigenvalue weighted by Crippen LogP contribution is -2.39. The van der Waals surface area contributed by atoms with Gasteiger partial charge < -0.3 is 15.2 Å². The summed E-state index contributed by atoms with van der Waals surface area (Å²) >= 11 is 0. The van der Waals surface area contributed by atoms with Gasteiger partial charge in [0.05, 0.1) is 5.56 Å². The van der Waals surface area contributed by atoms with E-state index in [1.54, 1.807) is 0 Å². The average molecular weight is 246 g/mol. The SMILES string of the molecule is Cc1c(C#N)c(N)n(CC2CCCCN2C)c1C. The summed E-state index contributed by atoms with van der Waals surface area (Å²) in [6, 6.07) is 2.75. The molecule has 2 N–H and O–H groups in total. The summed E-state index contributed by atoms with van der Waals surface area (Å²) in [5.41, 5.74) is 8.89. The summed E-state index contributed by atoms with van der Waals surface area (Å²) in [4.78, 5) is 2.41. The van der Waals surface area contributed by atoms with E-state index in [2.05, 4.69) is 29.5 Å². The van der Waals surface area contributed by atoms with E-state index in [-0.39, 0.29) is 0 Å². The van der Waals surface area contributed by atoms with Gasteiger partial charge in [-0.15, -0.1) is 0 Å². The van der Waals surface area contributed by atoms with Gasteiger partial charge in [-0.2, -0.15) is 5.26 Å². The second-order valence-electron chi connectivity index (χ2n) is 5.32. The molecule has 0 amide bonds. The van der Waals surface area contributed by atoms with Crippen LogP contribution in [0.1, 0.15) is 36.1 Å². The molecule has 1 aliphatic heterocycles. The van der Waals surface area contributed by atoms with Crippen molar-refractivity contribution in [2.24, 2.45) is 0 Å². The molecule has 2 rings (SSSR count). The summed E-state index contributed by atoms with van der Waals surface area (Å²) in [7, 11) is 2.18. The molecule has 1 aromatic heterocycles. The number of hydrogen-bond donors (Lipinski definition) is 1. The Kier molecular flexibility index (Phi) is 3.63. The van der Waals surface area contributed by atoms with E-state index in [0.717, 1.165) is 24.3 Å². The molecule has 0 aliphatic carbocycles. The first kappa shape index (κ1) is 13.0. The molecule has 98 valence electrons. The monoisotopic (exact) mass is 246 g/mol. The van der Waals surface area contributed by atoms with Crippen molar-refractivity contribution in [2.75, 3.05) is 19.3 Å². The molecule has 0 radical (unpaired) electrons. The molecule has 1 fully saturated rings. The number of aromatic nitrogens is 1. The Morgan fingerprint density at radius 1 is 1.39 bits per heavy atom. The quantitative estimate of drug-likeness (QED) is 0.868. The lowest BCUT2D eigenvalue weighted by atomic mass is 10.0. The maximum Gasteiger partial charge on any atom is 0.122 e. The van der Waals surface area contributed by atoms with E-state index in [1.165, 1.54) is 19.3 Å². The van der Waals surface area contributed by atoms with Crippen molar-refractivity contribution in [1.82, 2.24) is 9.47 Å². The Hall–Kier alpha value is -1.47. The first-order valence-corrected chi connectivity index (χ1v) is 6.61. The largest absolute Gasteiger partial charge is 0.384 e. The number of anilines is 1. The van der Waals surface area contributed by atoms with Crippen LogP contribution in [0.25, 0.3) is 0 Å². The zero-order valence-electron chi connectivity index (χ0n) is 11.5. The molecule has 1 saturated heterocycles. The molecular weight excluding hydrogens is 224 g/mol. The van der Waals surface area contributed by atoms with Gasteiger partial charge in [-0.3, -0.25) is 0 Å². The summed E-state index contributed by atoms with van der Waals surface area (Å²) in [5.74, 6) is 0.631. The lowest BCUT2D eigenvalue weighted by molar-refractivity contribution is 0.167. The van der Waals surface area contributed by atoms with Gasteiger partial charge in [-0.05, 0) is 45.8 Å². The van der Waals surface area contributed by atoms with E-state index in [4.69, 9.17) is 11.0 Å². The van der Waals surface area contributed by atoms with Gasteiger partial charge in [-0.25, -0.2) is 0 Å². The Morgan fingerprint density at radius 2 is 2.11 bits per heavy atom. The zero-order valence-corrected chi connectivity index (χ0v) is 11.5. The number of hydrogen-bond acceptors (Lipinski definition) is 3. The van der Waals surface area contributed by atoms with E-state index in [0.29, 0.717) is 17.4 Å². The smallest absolute Gasteiger partial charge is 0.122 e. The molecule has 0 saturated carbocycles. The molecule has 18 heavy (non-hydrogen) atoms. The number of nitrogens with two attached hydrogens (primary N) is 1. The summed E-state index contributed by atoms with van der Waals surface area (Å²) < 4.78 is 2.11. The van der Waals surface area contributed by atoms with Crippen LogP contribution in [0.2, 0.25) is 0 Å². The highest BCUT2D eigenvalue weighted by molar-refractivity contribution is 5.57. The maximum absolute atomic E-state index is 9.14. The Labute approximate surface area is 109 Å². The number of nitrogens with zero attached hydrogens (tertiary/aromatic N) is 3. The van der Waals surface area contributed by atoms with Crippen molar-refractivity contribution in [2.45, 2.75) is 45.7 Å². The highest BCUT2D eigenvalue weighted by atomic mass is 15.2. The minimum absolute atomic E-state index is 0.540. The fraction of sp³-hybridized carbons (Fsp3) is 0.643.